The Kier molecular flexibility index (Phi) is 4.70. The second-order valence-electron chi connectivity index (χ2n) is 7.49. The van der Waals surface area contributed by atoms with Crippen LogP contribution in [-0.4, -0.2) is 46.1 Å². The summed E-state index contributed by atoms with van der Waals surface area (Å²) in [6.07, 6.45) is 8.73. The van der Waals surface area contributed by atoms with Crippen LogP contribution in [0.15, 0.2) is 18.5 Å². The maximum Gasteiger partial charge on any atom is 0.174 e. The van der Waals surface area contributed by atoms with E-state index in [4.69, 9.17) is 9.72 Å². The Bertz CT molecular complexity index is 722. The molecule has 2 aliphatic heterocycles. The first-order chi connectivity index (χ1) is 12.2. The van der Waals surface area contributed by atoms with E-state index < -0.39 is 0 Å². The smallest absolute Gasteiger partial charge is 0.174 e. The molecule has 4 heterocycles. The van der Waals surface area contributed by atoms with Crippen molar-refractivity contribution in [2.75, 3.05) is 31.2 Å². The van der Waals surface area contributed by atoms with Crippen molar-refractivity contribution in [3.05, 3.63) is 29.8 Å². The fourth-order valence-electron chi connectivity index (χ4n) is 4.17. The molecule has 4 rings (SSSR count). The molecule has 2 fully saturated rings. The predicted octanol–water partition coefficient (Wildman–Crippen LogP) is 2.92. The lowest BCUT2D eigenvalue weighted by atomic mass is 9.88. The number of aromatic nitrogens is 4. The van der Waals surface area contributed by atoms with Gasteiger partial charge in [0.25, 0.3) is 0 Å². The third-order valence-electron chi connectivity index (χ3n) is 5.37. The summed E-state index contributed by atoms with van der Waals surface area (Å²) in [4.78, 5) is 11.7. The topological polar surface area (TPSA) is 56.1 Å². The van der Waals surface area contributed by atoms with E-state index in [9.17, 15) is 0 Å². The Morgan fingerprint density at radius 3 is 2.80 bits per heavy atom. The number of anilines is 1. The third-order valence-corrected chi connectivity index (χ3v) is 5.37. The lowest BCUT2D eigenvalue weighted by molar-refractivity contribution is 0.178. The van der Waals surface area contributed by atoms with Gasteiger partial charge in [-0.25, -0.2) is 9.67 Å². The summed E-state index contributed by atoms with van der Waals surface area (Å²) in [5.74, 6) is 3.25. The van der Waals surface area contributed by atoms with Gasteiger partial charge in [-0.1, -0.05) is 0 Å². The first-order valence-corrected chi connectivity index (χ1v) is 9.37. The van der Waals surface area contributed by atoms with Crippen molar-refractivity contribution in [2.45, 2.75) is 39.5 Å². The van der Waals surface area contributed by atoms with E-state index >= 15 is 0 Å². The molecule has 2 atom stereocenters. The second-order valence-corrected chi connectivity index (χ2v) is 7.49. The number of rotatable bonds is 4. The van der Waals surface area contributed by atoms with Gasteiger partial charge in [-0.15, -0.1) is 0 Å². The molecule has 0 amide bonds. The summed E-state index contributed by atoms with van der Waals surface area (Å²) in [7, 11) is 0. The molecular formula is C19H27N5O. The minimum absolute atomic E-state index is 0.736. The predicted molar refractivity (Wildman–Crippen MR) is 97.1 cm³/mol. The van der Waals surface area contributed by atoms with Gasteiger partial charge < -0.3 is 9.64 Å². The molecule has 0 radical (unpaired) electrons. The van der Waals surface area contributed by atoms with Gasteiger partial charge >= 0.3 is 0 Å². The van der Waals surface area contributed by atoms with E-state index in [1.54, 1.807) is 6.20 Å². The fourth-order valence-corrected chi connectivity index (χ4v) is 4.17. The Morgan fingerprint density at radius 1 is 1.16 bits per heavy atom. The van der Waals surface area contributed by atoms with Gasteiger partial charge in [0, 0.05) is 32.0 Å². The van der Waals surface area contributed by atoms with Gasteiger partial charge in [-0.2, -0.15) is 5.10 Å². The Morgan fingerprint density at radius 2 is 2.04 bits per heavy atom. The zero-order chi connectivity index (χ0) is 17.2. The van der Waals surface area contributed by atoms with Crippen LogP contribution < -0.4 is 4.90 Å². The van der Waals surface area contributed by atoms with Crippen molar-refractivity contribution >= 4 is 5.82 Å². The molecule has 2 aromatic heterocycles. The van der Waals surface area contributed by atoms with Crippen LogP contribution in [0, 0.1) is 25.7 Å². The first-order valence-electron chi connectivity index (χ1n) is 9.37. The Balaban J connectivity index is 1.49. The normalized spacial score (nSPS) is 24.0. The summed E-state index contributed by atoms with van der Waals surface area (Å²) in [5.41, 5.74) is 2.09. The number of ether oxygens (including phenoxy) is 1. The number of hydrogen-bond donors (Lipinski definition) is 0. The minimum Gasteiger partial charge on any atom is -0.381 e. The molecule has 0 N–H and O–H groups in total. The molecule has 0 bridgehead atoms. The summed E-state index contributed by atoms with van der Waals surface area (Å²) < 4.78 is 7.42. The second kappa shape index (κ2) is 7.12. The van der Waals surface area contributed by atoms with E-state index in [0.717, 1.165) is 61.2 Å². The lowest BCUT2D eigenvalue weighted by Crippen LogP contribution is -2.37. The molecule has 2 aromatic rings. The van der Waals surface area contributed by atoms with Crippen molar-refractivity contribution in [2.24, 2.45) is 11.8 Å². The van der Waals surface area contributed by atoms with E-state index in [1.165, 1.54) is 25.7 Å². The van der Waals surface area contributed by atoms with Gasteiger partial charge in [0.15, 0.2) is 5.82 Å². The number of aryl methyl sites for hydroxylation is 2. The van der Waals surface area contributed by atoms with Crippen LogP contribution >= 0.6 is 0 Å². The van der Waals surface area contributed by atoms with E-state index in [1.807, 2.05) is 17.8 Å². The number of piperidine rings is 1. The van der Waals surface area contributed by atoms with Gasteiger partial charge in [0.2, 0.25) is 0 Å². The largest absolute Gasteiger partial charge is 0.381 e. The summed E-state index contributed by atoms with van der Waals surface area (Å²) in [5, 5.41) is 4.53. The maximum absolute atomic E-state index is 5.54. The van der Waals surface area contributed by atoms with E-state index in [0.29, 0.717) is 0 Å². The average molecular weight is 341 g/mol. The molecule has 0 saturated carbocycles. The van der Waals surface area contributed by atoms with Gasteiger partial charge in [-0.05, 0) is 57.4 Å². The van der Waals surface area contributed by atoms with Crippen LogP contribution in [0.2, 0.25) is 0 Å². The highest BCUT2D eigenvalue weighted by Gasteiger charge is 2.26. The van der Waals surface area contributed by atoms with E-state index in [-0.39, 0.29) is 0 Å². The highest BCUT2D eigenvalue weighted by atomic mass is 16.5. The van der Waals surface area contributed by atoms with Crippen LogP contribution in [0.3, 0.4) is 0 Å². The third kappa shape index (κ3) is 3.68. The Labute approximate surface area is 149 Å². The monoisotopic (exact) mass is 341 g/mol. The zero-order valence-electron chi connectivity index (χ0n) is 15.2. The molecule has 2 unspecified atom stereocenters. The minimum atomic E-state index is 0.736. The summed E-state index contributed by atoms with van der Waals surface area (Å²) in [6, 6.07) is 2.06. The van der Waals surface area contributed by atoms with E-state index in [2.05, 4.69) is 28.0 Å². The fraction of sp³-hybridized carbons (Fsp3) is 0.632. The molecule has 2 aliphatic rings. The molecule has 6 nitrogen and oxygen atoms in total. The molecular weight excluding hydrogens is 314 g/mol. The first kappa shape index (κ1) is 16.5. The van der Waals surface area contributed by atoms with Crippen molar-refractivity contribution in [3.63, 3.8) is 0 Å². The van der Waals surface area contributed by atoms with Gasteiger partial charge in [0.05, 0.1) is 18.1 Å². The van der Waals surface area contributed by atoms with Crippen LogP contribution in [0.1, 0.15) is 37.1 Å². The molecule has 0 aliphatic carbocycles. The lowest BCUT2D eigenvalue weighted by Gasteiger charge is -2.34. The van der Waals surface area contributed by atoms with Crippen molar-refractivity contribution in [3.8, 4) is 5.82 Å². The molecule has 0 aromatic carbocycles. The van der Waals surface area contributed by atoms with Crippen LogP contribution in [-0.2, 0) is 4.74 Å². The van der Waals surface area contributed by atoms with Gasteiger partial charge in [0.1, 0.15) is 5.82 Å². The molecule has 134 valence electrons. The maximum atomic E-state index is 5.54. The number of hydrogen-bond acceptors (Lipinski definition) is 5. The van der Waals surface area contributed by atoms with Crippen molar-refractivity contribution < 1.29 is 4.74 Å². The van der Waals surface area contributed by atoms with Crippen molar-refractivity contribution in [1.29, 1.82) is 0 Å². The average Bonchev–Trinajstić information content (AvgIpc) is 3.24. The van der Waals surface area contributed by atoms with Gasteiger partial charge in [-0.3, -0.25) is 4.98 Å². The molecule has 0 spiro atoms. The van der Waals surface area contributed by atoms with Crippen LogP contribution in [0.5, 0.6) is 0 Å². The highest BCUT2D eigenvalue weighted by molar-refractivity contribution is 5.40. The quantitative estimate of drug-likeness (QED) is 0.856. The molecule has 25 heavy (non-hydrogen) atoms. The summed E-state index contributed by atoms with van der Waals surface area (Å²) in [6.45, 7) is 8.08. The van der Waals surface area contributed by atoms with Crippen LogP contribution in [0.4, 0.5) is 5.82 Å². The molecule has 6 heteroatoms. The van der Waals surface area contributed by atoms with Crippen LogP contribution in [0.25, 0.3) is 5.82 Å². The number of nitrogens with zero attached hydrogens (tertiary/aromatic N) is 5. The van der Waals surface area contributed by atoms with Crippen molar-refractivity contribution in [1.82, 2.24) is 19.7 Å². The SMILES string of the molecule is Cc1cc(C)n(-c2cncc(N3CCCC(CC4CCOC4)C3)n2)n1. The Hall–Kier alpha value is -1.95. The zero-order valence-corrected chi connectivity index (χ0v) is 15.2. The standard InChI is InChI=1S/C19H27N5O/c1-14-8-15(2)24(22-14)19-11-20-10-18(21-19)23-6-3-4-16(12-23)9-17-5-7-25-13-17/h8,10-11,16-17H,3-7,9,12-13H2,1-2H3. The molecule has 2 saturated heterocycles. The highest BCUT2D eigenvalue weighted by Crippen LogP contribution is 2.29. The summed E-state index contributed by atoms with van der Waals surface area (Å²) >= 11 is 0.